The Morgan fingerprint density at radius 2 is 1.81 bits per heavy atom. The van der Waals surface area contributed by atoms with Crippen LogP contribution in [0, 0.1) is 6.92 Å². The topological polar surface area (TPSA) is 130 Å². The molecule has 2 aromatic heterocycles. The number of sulfonamides is 1. The molecular weight excluding hydrogens is 494 g/mol. The first-order valence-corrected chi connectivity index (χ1v) is 14.4. The van der Waals surface area contributed by atoms with Crippen molar-refractivity contribution in [1.29, 1.82) is 0 Å². The van der Waals surface area contributed by atoms with Gasteiger partial charge in [0.15, 0.2) is 0 Å². The minimum atomic E-state index is -3.65. The normalized spacial score (nSPS) is 13.6. The summed E-state index contributed by atoms with van der Waals surface area (Å²) in [5.74, 6) is -0.223. The molecule has 2 heterocycles. The quantitative estimate of drug-likeness (QED) is 0.322. The summed E-state index contributed by atoms with van der Waals surface area (Å²) in [6.07, 6.45) is 5.66. The van der Waals surface area contributed by atoms with E-state index >= 15 is 0 Å². The zero-order chi connectivity index (χ0) is 26.7. The third-order valence-corrected chi connectivity index (χ3v) is 7.77. The Kier molecular flexibility index (Phi) is 7.87. The van der Waals surface area contributed by atoms with Crippen molar-refractivity contribution in [3.05, 3.63) is 47.0 Å². The van der Waals surface area contributed by atoms with E-state index in [9.17, 15) is 18.0 Å². The van der Waals surface area contributed by atoms with Gasteiger partial charge in [-0.3, -0.25) is 13.9 Å². The standard InChI is InChI=1S/C27H33N3O6S/c1-17-9-11-19(12-10-17)24-23(26(33)28-2)21-16-20(18-13-14-18)25(29-27(21)36-24)30(37(3,34)35)15-7-5-4-6-8-22(31)32/h9-12,16,18H,4-8,13-15H2,1-3H3,(H,28,33)(H,31,32). The number of furan rings is 1. The molecular formula is C27H33N3O6S. The van der Waals surface area contributed by atoms with Crippen LogP contribution in [-0.4, -0.2) is 50.2 Å². The number of pyridine rings is 1. The largest absolute Gasteiger partial charge is 0.481 e. The van der Waals surface area contributed by atoms with Gasteiger partial charge >= 0.3 is 5.97 Å². The van der Waals surface area contributed by atoms with Crippen LogP contribution in [0.15, 0.2) is 34.7 Å². The Balaban J connectivity index is 1.76. The number of benzene rings is 1. The van der Waals surface area contributed by atoms with E-state index in [1.54, 1.807) is 7.05 Å². The fraction of sp³-hybridized carbons (Fsp3) is 0.444. The molecule has 10 heteroatoms. The smallest absolute Gasteiger partial charge is 0.303 e. The number of aliphatic carboxylic acids is 1. The number of amides is 1. The van der Waals surface area contributed by atoms with Gasteiger partial charge in [-0.2, -0.15) is 4.98 Å². The molecule has 0 spiro atoms. The van der Waals surface area contributed by atoms with Gasteiger partial charge in [-0.25, -0.2) is 8.42 Å². The third-order valence-electron chi connectivity index (χ3n) is 6.61. The number of carbonyl (C=O) groups excluding carboxylic acids is 1. The highest BCUT2D eigenvalue weighted by Gasteiger charge is 2.34. The molecule has 1 aliphatic rings. The van der Waals surface area contributed by atoms with Gasteiger partial charge in [0.1, 0.15) is 11.6 Å². The van der Waals surface area contributed by atoms with Crippen LogP contribution in [-0.2, 0) is 14.8 Å². The first-order chi connectivity index (χ1) is 17.6. The number of hydrogen-bond donors (Lipinski definition) is 2. The number of aryl methyl sites for hydroxylation is 1. The summed E-state index contributed by atoms with van der Waals surface area (Å²) in [7, 11) is -2.09. The summed E-state index contributed by atoms with van der Waals surface area (Å²) in [5.41, 5.74) is 3.20. The molecule has 2 N–H and O–H groups in total. The summed E-state index contributed by atoms with van der Waals surface area (Å²) in [4.78, 5) is 28.4. The summed E-state index contributed by atoms with van der Waals surface area (Å²) in [6, 6.07) is 9.51. The number of carbonyl (C=O) groups is 2. The van der Waals surface area contributed by atoms with Gasteiger partial charge < -0.3 is 14.8 Å². The van der Waals surface area contributed by atoms with Crippen molar-refractivity contribution in [2.75, 3.05) is 24.2 Å². The lowest BCUT2D eigenvalue weighted by atomic mass is 10.0. The molecule has 1 saturated carbocycles. The van der Waals surface area contributed by atoms with Gasteiger partial charge in [-0.1, -0.05) is 42.7 Å². The van der Waals surface area contributed by atoms with E-state index in [4.69, 9.17) is 14.5 Å². The van der Waals surface area contributed by atoms with Gasteiger partial charge in [-0.15, -0.1) is 0 Å². The number of fused-ring (bicyclic) bond motifs is 1. The number of nitrogens with one attached hydrogen (secondary N) is 1. The van der Waals surface area contributed by atoms with Gasteiger partial charge in [-0.05, 0) is 50.2 Å². The molecule has 1 aromatic carbocycles. The molecule has 0 radical (unpaired) electrons. The highest BCUT2D eigenvalue weighted by molar-refractivity contribution is 7.92. The fourth-order valence-electron chi connectivity index (χ4n) is 4.50. The third kappa shape index (κ3) is 6.12. The maximum atomic E-state index is 13.0. The number of anilines is 1. The molecule has 4 rings (SSSR count). The van der Waals surface area contributed by atoms with Gasteiger partial charge in [0.05, 0.1) is 17.2 Å². The van der Waals surface area contributed by atoms with Crippen molar-refractivity contribution in [1.82, 2.24) is 10.3 Å². The van der Waals surface area contributed by atoms with Crippen LogP contribution in [0.3, 0.4) is 0 Å². The lowest BCUT2D eigenvalue weighted by molar-refractivity contribution is -0.137. The van der Waals surface area contributed by atoms with Crippen LogP contribution in [0.5, 0.6) is 0 Å². The van der Waals surface area contributed by atoms with E-state index < -0.39 is 16.0 Å². The molecule has 0 aliphatic heterocycles. The van der Waals surface area contributed by atoms with E-state index in [1.807, 2.05) is 37.3 Å². The maximum Gasteiger partial charge on any atom is 0.303 e. The molecule has 37 heavy (non-hydrogen) atoms. The molecule has 1 fully saturated rings. The van der Waals surface area contributed by atoms with Crippen LogP contribution < -0.4 is 9.62 Å². The number of rotatable bonds is 12. The second-order valence-electron chi connectivity index (χ2n) is 9.67. The molecule has 198 valence electrons. The predicted octanol–water partition coefficient (Wildman–Crippen LogP) is 4.84. The monoisotopic (exact) mass is 527 g/mol. The van der Waals surface area contributed by atoms with Crippen molar-refractivity contribution >= 4 is 38.8 Å². The second kappa shape index (κ2) is 10.9. The molecule has 0 unspecified atom stereocenters. The number of nitrogens with zero attached hydrogens (tertiary/aromatic N) is 2. The average molecular weight is 528 g/mol. The minimum Gasteiger partial charge on any atom is -0.481 e. The van der Waals surface area contributed by atoms with Crippen LogP contribution in [0.2, 0.25) is 0 Å². The van der Waals surface area contributed by atoms with Crippen LogP contribution in [0.1, 0.15) is 72.3 Å². The van der Waals surface area contributed by atoms with E-state index in [-0.39, 0.29) is 30.5 Å². The van der Waals surface area contributed by atoms with Crippen molar-refractivity contribution in [3.8, 4) is 11.3 Å². The number of hydrogen-bond acceptors (Lipinski definition) is 6. The molecule has 0 saturated heterocycles. The zero-order valence-corrected chi connectivity index (χ0v) is 22.2. The van der Waals surface area contributed by atoms with E-state index in [1.165, 1.54) is 4.31 Å². The number of carboxylic acid groups (broad SMARTS) is 1. The second-order valence-corrected chi connectivity index (χ2v) is 11.6. The molecule has 0 bridgehead atoms. The summed E-state index contributed by atoms with van der Waals surface area (Å²) < 4.78 is 33.2. The average Bonchev–Trinajstić information content (AvgIpc) is 3.62. The molecule has 3 aromatic rings. The van der Waals surface area contributed by atoms with Crippen molar-refractivity contribution in [2.24, 2.45) is 0 Å². The van der Waals surface area contributed by atoms with Gasteiger partial charge in [0.25, 0.3) is 5.91 Å². The van der Waals surface area contributed by atoms with E-state index in [0.29, 0.717) is 48.2 Å². The van der Waals surface area contributed by atoms with Crippen LogP contribution in [0.4, 0.5) is 5.82 Å². The maximum absolute atomic E-state index is 13.0. The first kappa shape index (κ1) is 26.7. The number of carboxylic acids is 1. The minimum absolute atomic E-state index is 0.106. The van der Waals surface area contributed by atoms with E-state index in [0.717, 1.165) is 35.8 Å². The Bertz CT molecular complexity index is 1410. The fourth-order valence-corrected chi connectivity index (χ4v) is 5.42. The summed E-state index contributed by atoms with van der Waals surface area (Å²) in [5, 5.41) is 12.1. The Morgan fingerprint density at radius 3 is 2.41 bits per heavy atom. The highest BCUT2D eigenvalue weighted by atomic mass is 32.2. The zero-order valence-electron chi connectivity index (χ0n) is 21.4. The Labute approximate surface area is 216 Å². The van der Waals surface area contributed by atoms with Crippen LogP contribution in [0.25, 0.3) is 22.4 Å². The number of unbranched alkanes of at least 4 members (excludes halogenated alkanes) is 3. The Morgan fingerprint density at radius 1 is 1.14 bits per heavy atom. The predicted molar refractivity (Wildman–Crippen MR) is 142 cm³/mol. The molecule has 1 aliphatic carbocycles. The highest BCUT2D eigenvalue weighted by Crippen LogP contribution is 2.46. The van der Waals surface area contributed by atoms with Gasteiger partial charge in [0.2, 0.25) is 15.7 Å². The van der Waals surface area contributed by atoms with Crippen molar-refractivity contribution in [2.45, 2.75) is 57.8 Å². The van der Waals surface area contributed by atoms with Gasteiger partial charge in [0, 0.05) is 25.6 Å². The first-order valence-electron chi connectivity index (χ1n) is 12.6. The summed E-state index contributed by atoms with van der Waals surface area (Å²) in [6.45, 7) is 2.21. The molecule has 0 atom stereocenters. The molecule has 9 nitrogen and oxygen atoms in total. The van der Waals surface area contributed by atoms with Crippen molar-refractivity contribution < 1.29 is 27.5 Å². The van der Waals surface area contributed by atoms with Crippen molar-refractivity contribution in [3.63, 3.8) is 0 Å². The van der Waals surface area contributed by atoms with E-state index in [2.05, 4.69) is 5.32 Å². The van der Waals surface area contributed by atoms with Crippen LogP contribution >= 0.6 is 0 Å². The summed E-state index contributed by atoms with van der Waals surface area (Å²) >= 11 is 0. The Hall–Kier alpha value is -3.40. The lowest BCUT2D eigenvalue weighted by Crippen LogP contribution is -2.32. The molecule has 1 amide bonds. The number of aromatic nitrogens is 1. The SMILES string of the molecule is CNC(=O)c1c(-c2ccc(C)cc2)oc2nc(N(CCCCCCC(=O)O)S(C)(=O)=O)c(C3CC3)cc12. The lowest BCUT2D eigenvalue weighted by Gasteiger charge is -2.24.